The molecule has 4 aromatic carbocycles. The third kappa shape index (κ3) is 4.61. The Morgan fingerprint density at radius 3 is 1.44 bits per heavy atom. The van der Waals surface area contributed by atoms with Gasteiger partial charge in [0, 0.05) is 42.3 Å². The van der Waals surface area contributed by atoms with Gasteiger partial charge in [-0.05, 0) is 64.1 Å². The molecule has 3 heterocycles. The minimum atomic E-state index is -2.01. The maximum Gasteiger partial charge on any atom is 0.125 e. The van der Waals surface area contributed by atoms with Gasteiger partial charge in [0.1, 0.15) is 33.9 Å². The summed E-state index contributed by atoms with van der Waals surface area (Å²) in [4.78, 5) is 20.7. The molecule has 0 radical (unpaired) electrons. The van der Waals surface area contributed by atoms with Gasteiger partial charge in [0.2, 0.25) is 0 Å². The first kappa shape index (κ1) is 29.7. The lowest BCUT2D eigenvalue weighted by Gasteiger charge is -2.36. The van der Waals surface area contributed by atoms with Crippen LogP contribution in [0.2, 0.25) is 0 Å². The number of nitrogens with one attached hydrogen (secondary N) is 1. The molecule has 0 saturated carbocycles. The molecular weight excluding hydrogens is 590 g/mol. The lowest BCUT2D eigenvalue weighted by Crippen LogP contribution is -2.37. The number of benzene rings is 4. The Balaban J connectivity index is 1.67. The van der Waals surface area contributed by atoms with Gasteiger partial charge in [-0.25, -0.2) is 19.9 Å². The van der Waals surface area contributed by atoms with Crippen molar-refractivity contribution in [1.82, 2.24) is 19.9 Å². The van der Waals surface area contributed by atoms with Crippen molar-refractivity contribution in [3.05, 3.63) is 97.8 Å². The predicted octanol–water partition coefficient (Wildman–Crippen LogP) is 7.41. The summed E-state index contributed by atoms with van der Waals surface area (Å²) in [6, 6.07) is 27.3. The Morgan fingerprint density at radius 1 is 0.600 bits per heavy atom. The Bertz CT molecular complexity index is 1930. The lowest BCUT2D eigenvalue weighted by atomic mass is 10.2. The van der Waals surface area contributed by atoms with Crippen LogP contribution in [0.3, 0.4) is 0 Å². The van der Waals surface area contributed by atoms with Crippen LogP contribution in [0.25, 0.3) is 21.8 Å². The first-order chi connectivity index (χ1) is 21.6. The summed E-state index contributed by atoms with van der Waals surface area (Å²) in [5.74, 6) is 0. The summed E-state index contributed by atoms with van der Waals surface area (Å²) < 4.78 is 0. The number of hydrogen-bond acceptors (Lipinski definition) is 6. The quantitative estimate of drug-likeness (QED) is 0.201. The van der Waals surface area contributed by atoms with Crippen molar-refractivity contribution in [1.29, 1.82) is 0 Å². The zero-order valence-corrected chi connectivity index (χ0v) is 28.8. The van der Waals surface area contributed by atoms with Crippen LogP contribution < -0.4 is 31.4 Å². The second-order valence-electron chi connectivity index (χ2n) is 12.9. The highest BCUT2D eigenvalue weighted by Crippen LogP contribution is 2.63. The molecule has 1 aliphatic heterocycles. The molecule has 2 unspecified atom stereocenters. The number of aromatic nitrogens is 4. The molecule has 2 aromatic heterocycles. The van der Waals surface area contributed by atoms with Gasteiger partial charge in [0.15, 0.2) is 0 Å². The van der Waals surface area contributed by atoms with Gasteiger partial charge >= 0.3 is 0 Å². The van der Waals surface area contributed by atoms with Crippen molar-refractivity contribution >= 4 is 80.3 Å². The van der Waals surface area contributed by atoms with E-state index in [4.69, 9.17) is 9.97 Å². The van der Waals surface area contributed by atoms with Crippen LogP contribution >= 0.6 is 14.5 Å². The summed E-state index contributed by atoms with van der Waals surface area (Å²) in [7, 11) is -1.77. The van der Waals surface area contributed by atoms with E-state index in [1.807, 2.05) is 12.4 Å². The zero-order valence-electron chi connectivity index (χ0n) is 27.0. The monoisotopic (exact) mass is 630 g/mol. The molecule has 2 atom stereocenters. The third-order valence-corrected chi connectivity index (χ3v) is 19.7. The number of anilines is 4. The Labute approximate surface area is 267 Å². The summed E-state index contributed by atoms with van der Waals surface area (Å²) >= 11 is 0. The summed E-state index contributed by atoms with van der Waals surface area (Å²) in [5, 5.41) is 11.5. The second-order valence-corrected chi connectivity index (χ2v) is 21.2. The number of rotatable bonds is 2. The third-order valence-electron chi connectivity index (χ3n) is 10.1. The fourth-order valence-corrected chi connectivity index (χ4v) is 13.9. The van der Waals surface area contributed by atoms with Gasteiger partial charge in [-0.1, -0.05) is 24.3 Å². The molecule has 1 N–H and O–H groups in total. The van der Waals surface area contributed by atoms with Crippen LogP contribution in [0.1, 0.15) is 27.7 Å². The maximum absolute atomic E-state index is 4.73. The molecule has 7 rings (SSSR count). The smallest absolute Gasteiger partial charge is 0.125 e. The summed E-state index contributed by atoms with van der Waals surface area (Å²) in [6.07, 6.45) is 7.15. The van der Waals surface area contributed by atoms with Gasteiger partial charge in [-0.3, -0.25) is 0 Å². The van der Waals surface area contributed by atoms with Crippen LogP contribution in [-0.4, -0.2) is 51.6 Å². The molecule has 6 aromatic rings. The summed E-state index contributed by atoms with van der Waals surface area (Å²) in [6.45, 7) is 14.5. The largest absolute Gasteiger partial charge is 0.349 e. The average Bonchev–Trinajstić information content (AvgIpc) is 3.06. The van der Waals surface area contributed by atoms with Crippen molar-refractivity contribution in [3.8, 4) is 0 Å². The minimum Gasteiger partial charge on any atom is -0.349 e. The van der Waals surface area contributed by atoms with E-state index in [1.165, 1.54) is 32.6 Å². The van der Waals surface area contributed by atoms with E-state index in [0.717, 1.165) is 33.2 Å². The topological polar surface area (TPSA) is 66.8 Å². The van der Waals surface area contributed by atoms with Crippen LogP contribution in [-0.2, 0) is 0 Å². The first-order valence-corrected chi connectivity index (χ1v) is 20.2. The first-order valence-electron chi connectivity index (χ1n) is 15.5. The van der Waals surface area contributed by atoms with Crippen LogP contribution in [0.4, 0.5) is 22.7 Å². The average molecular weight is 631 g/mol. The number of nitrogens with zero attached hydrogens (tertiary/aromatic N) is 5. The lowest BCUT2D eigenvalue weighted by molar-refractivity contribution is 1.09. The molecule has 0 aliphatic carbocycles. The van der Waals surface area contributed by atoms with Crippen molar-refractivity contribution in [2.24, 2.45) is 0 Å². The molecule has 1 aliphatic rings. The van der Waals surface area contributed by atoms with Crippen molar-refractivity contribution < 1.29 is 0 Å². The molecule has 0 fully saturated rings. The van der Waals surface area contributed by atoms with Gasteiger partial charge in [-0.2, -0.15) is 0 Å². The zero-order chi connectivity index (χ0) is 31.5. The molecule has 0 saturated heterocycles. The van der Waals surface area contributed by atoms with Crippen molar-refractivity contribution in [2.45, 2.75) is 39.0 Å². The van der Waals surface area contributed by atoms with E-state index < -0.39 is 14.5 Å². The van der Waals surface area contributed by atoms with E-state index in [-0.39, 0.29) is 0 Å². The number of hydrogen-bond donors (Lipinski definition) is 1. The van der Waals surface area contributed by atoms with Gasteiger partial charge in [0.25, 0.3) is 0 Å². The number of para-hydroxylation sites is 2. The molecule has 0 amide bonds. The Morgan fingerprint density at radius 2 is 1.02 bits per heavy atom. The summed E-state index contributed by atoms with van der Waals surface area (Å²) in [5.41, 5.74) is 7.42. The molecule has 0 spiro atoms. The molecule has 45 heavy (non-hydrogen) atoms. The van der Waals surface area contributed by atoms with Crippen molar-refractivity contribution in [2.75, 3.05) is 30.6 Å². The Kier molecular flexibility index (Phi) is 7.34. The minimum absolute atomic E-state index is 0.378. The normalized spacial score (nSPS) is 19.7. The molecule has 6 nitrogen and oxygen atoms in total. The predicted molar refractivity (Wildman–Crippen MR) is 198 cm³/mol. The number of fused-ring (bicyclic) bond motifs is 6. The molecule has 226 valence electrons. The van der Waals surface area contributed by atoms with Gasteiger partial charge < -0.3 is 10.2 Å². The molecular formula is C37H40N6P2+2. The van der Waals surface area contributed by atoms with E-state index in [9.17, 15) is 0 Å². The van der Waals surface area contributed by atoms with Crippen LogP contribution in [0, 0.1) is 0 Å². The fraction of sp³-hybridized carbons (Fsp3) is 0.243. The SMILES string of the molecule is CC(C)[P+]1(C)c2cc3ncncc3cc2Nc2cc3cncnc3cc2[P+](C)(C(C)C)c2ccccc2N(C)c2ccccc21. The van der Waals surface area contributed by atoms with Crippen molar-refractivity contribution in [3.63, 3.8) is 0 Å². The standard InChI is InChI=1S/C37H40N6P2/c1-24(2)44(6)34-14-10-8-12-32(34)43(5)33-13-9-11-15-35(33)45(7,25(3)4)37-19-29-27(21-39-23-41-29)17-31(37)42-30-16-26-20-38-22-40-28(26)18-36(30)44/h8-25,42H,1-7H3/q+2. The van der Waals surface area contributed by atoms with E-state index in [1.54, 1.807) is 12.7 Å². The van der Waals surface area contributed by atoms with E-state index in [0.29, 0.717) is 11.3 Å². The van der Waals surface area contributed by atoms with Gasteiger partial charge in [0.05, 0.1) is 73.0 Å². The second kappa shape index (κ2) is 11.1. The highest BCUT2D eigenvalue weighted by atomic mass is 31.2. The molecule has 0 bridgehead atoms. The van der Waals surface area contributed by atoms with E-state index >= 15 is 0 Å². The fourth-order valence-electron chi connectivity index (χ4n) is 6.93. The Hall–Kier alpha value is -3.98. The van der Waals surface area contributed by atoms with E-state index in [2.05, 4.69) is 141 Å². The van der Waals surface area contributed by atoms with Crippen LogP contribution in [0.5, 0.6) is 0 Å². The maximum atomic E-state index is 4.73. The highest BCUT2D eigenvalue weighted by Gasteiger charge is 2.49. The molecule has 8 heteroatoms. The van der Waals surface area contributed by atoms with Crippen LogP contribution in [0.15, 0.2) is 97.8 Å². The highest BCUT2D eigenvalue weighted by molar-refractivity contribution is 7.90. The van der Waals surface area contributed by atoms with Gasteiger partial charge in [-0.15, -0.1) is 0 Å².